The summed E-state index contributed by atoms with van der Waals surface area (Å²) < 4.78 is 0. The van der Waals surface area contributed by atoms with Crippen molar-refractivity contribution in [2.75, 3.05) is 35.2 Å². The first-order valence-electron chi connectivity index (χ1n) is 7.99. The molecule has 2 N–H and O–H groups in total. The second-order valence-electron chi connectivity index (χ2n) is 5.56. The van der Waals surface area contributed by atoms with Crippen LogP contribution < -0.4 is 15.5 Å². The second-order valence-corrected chi connectivity index (χ2v) is 5.56. The van der Waals surface area contributed by atoms with Gasteiger partial charge < -0.3 is 15.5 Å². The van der Waals surface area contributed by atoms with E-state index in [9.17, 15) is 0 Å². The molecule has 1 fully saturated rings. The SMILES string of the molecule is CCN(c1ccccc1)c1ncnc(N2CCCCC2)c1N. The third kappa shape index (κ3) is 2.84. The van der Waals surface area contributed by atoms with Gasteiger partial charge in [-0.05, 0) is 38.3 Å². The van der Waals surface area contributed by atoms with E-state index < -0.39 is 0 Å². The molecule has 3 rings (SSSR count). The largest absolute Gasteiger partial charge is 0.393 e. The minimum atomic E-state index is 0.676. The normalized spacial score (nSPS) is 14.9. The Bertz CT molecular complexity index is 608. The van der Waals surface area contributed by atoms with Crippen LogP contribution >= 0.6 is 0 Å². The van der Waals surface area contributed by atoms with Crippen LogP contribution in [0, 0.1) is 0 Å². The molecule has 22 heavy (non-hydrogen) atoms. The molecule has 1 aromatic heterocycles. The molecular formula is C17H23N5. The average Bonchev–Trinajstić information content (AvgIpc) is 2.59. The number of nitrogens with zero attached hydrogens (tertiary/aromatic N) is 4. The number of hydrogen-bond donors (Lipinski definition) is 1. The summed E-state index contributed by atoms with van der Waals surface area (Å²) in [5, 5.41) is 0. The van der Waals surface area contributed by atoms with Gasteiger partial charge in [0, 0.05) is 25.3 Å². The van der Waals surface area contributed by atoms with Gasteiger partial charge in [-0.1, -0.05) is 18.2 Å². The molecule has 0 aliphatic carbocycles. The van der Waals surface area contributed by atoms with Gasteiger partial charge in [0.2, 0.25) is 0 Å². The van der Waals surface area contributed by atoms with E-state index in [0.717, 1.165) is 37.0 Å². The number of nitrogens with two attached hydrogens (primary N) is 1. The quantitative estimate of drug-likeness (QED) is 0.939. The standard InChI is InChI=1S/C17H23N5/c1-2-22(14-9-5-3-6-10-14)17-15(18)16(19-13-20-17)21-11-7-4-8-12-21/h3,5-6,9-10,13H,2,4,7-8,11-12,18H2,1H3. The van der Waals surface area contributed by atoms with E-state index in [-0.39, 0.29) is 0 Å². The smallest absolute Gasteiger partial charge is 0.161 e. The van der Waals surface area contributed by atoms with Gasteiger partial charge in [-0.2, -0.15) is 0 Å². The van der Waals surface area contributed by atoms with Crippen LogP contribution in [0.4, 0.5) is 23.0 Å². The van der Waals surface area contributed by atoms with Gasteiger partial charge in [0.1, 0.15) is 12.0 Å². The van der Waals surface area contributed by atoms with Gasteiger partial charge in [-0.15, -0.1) is 0 Å². The summed E-state index contributed by atoms with van der Waals surface area (Å²) in [5.74, 6) is 1.67. The Balaban J connectivity index is 1.96. The van der Waals surface area contributed by atoms with Gasteiger partial charge in [0.15, 0.2) is 11.6 Å². The van der Waals surface area contributed by atoms with Crippen LogP contribution in [0.2, 0.25) is 0 Å². The Hall–Kier alpha value is -2.30. The van der Waals surface area contributed by atoms with Crippen LogP contribution in [0.25, 0.3) is 0 Å². The first kappa shape index (κ1) is 14.6. The minimum Gasteiger partial charge on any atom is -0.393 e. The maximum atomic E-state index is 6.42. The molecule has 5 nitrogen and oxygen atoms in total. The molecule has 1 aliphatic heterocycles. The summed E-state index contributed by atoms with van der Waals surface area (Å²) in [6.07, 6.45) is 5.32. The zero-order chi connectivity index (χ0) is 15.4. The van der Waals surface area contributed by atoms with Crippen LogP contribution in [0.15, 0.2) is 36.7 Å². The second kappa shape index (κ2) is 6.64. The summed E-state index contributed by atoms with van der Waals surface area (Å²) in [5.41, 5.74) is 8.19. The number of piperidine rings is 1. The van der Waals surface area contributed by atoms with Crippen molar-refractivity contribution in [3.63, 3.8) is 0 Å². The predicted octanol–water partition coefficient (Wildman–Crippen LogP) is 3.21. The van der Waals surface area contributed by atoms with Crippen molar-refractivity contribution < 1.29 is 0 Å². The van der Waals surface area contributed by atoms with Crippen molar-refractivity contribution in [3.05, 3.63) is 36.7 Å². The maximum Gasteiger partial charge on any atom is 0.161 e. The lowest BCUT2D eigenvalue weighted by Gasteiger charge is -2.30. The van der Waals surface area contributed by atoms with E-state index in [2.05, 4.69) is 38.8 Å². The lowest BCUT2D eigenvalue weighted by Crippen LogP contribution is -2.31. The van der Waals surface area contributed by atoms with Crippen LogP contribution in [-0.4, -0.2) is 29.6 Å². The first-order chi connectivity index (χ1) is 10.8. The molecule has 1 saturated heterocycles. The minimum absolute atomic E-state index is 0.676. The molecule has 0 unspecified atom stereocenters. The van der Waals surface area contributed by atoms with E-state index in [0.29, 0.717) is 5.69 Å². The lowest BCUT2D eigenvalue weighted by atomic mass is 10.1. The lowest BCUT2D eigenvalue weighted by molar-refractivity contribution is 0.573. The van der Waals surface area contributed by atoms with Gasteiger partial charge in [0.25, 0.3) is 0 Å². The molecule has 0 radical (unpaired) electrons. The predicted molar refractivity (Wildman–Crippen MR) is 91.6 cm³/mol. The van der Waals surface area contributed by atoms with Crippen LogP contribution in [0.5, 0.6) is 0 Å². The first-order valence-corrected chi connectivity index (χ1v) is 7.99. The Morgan fingerprint density at radius 2 is 1.82 bits per heavy atom. The summed E-state index contributed by atoms with van der Waals surface area (Å²) in [7, 11) is 0. The number of rotatable bonds is 4. The molecule has 2 aromatic rings. The maximum absolute atomic E-state index is 6.42. The number of aromatic nitrogens is 2. The monoisotopic (exact) mass is 297 g/mol. The highest BCUT2D eigenvalue weighted by molar-refractivity contribution is 5.79. The fourth-order valence-electron chi connectivity index (χ4n) is 3.01. The van der Waals surface area contributed by atoms with Crippen LogP contribution in [0.3, 0.4) is 0 Å². The van der Waals surface area contributed by atoms with E-state index >= 15 is 0 Å². The Morgan fingerprint density at radius 1 is 1.09 bits per heavy atom. The van der Waals surface area contributed by atoms with Gasteiger partial charge >= 0.3 is 0 Å². The van der Waals surface area contributed by atoms with Crippen molar-refractivity contribution >= 4 is 23.0 Å². The zero-order valence-corrected chi connectivity index (χ0v) is 13.1. The number of hydrogen-bond acceptors (Lipinski definition) is 5. The van der Waals surface area contributed by atoms with Gasteiger partial charge in [-0.25, -0.2) is 9.97 Å². The van der Waals surface area contributed by atoms with Crippen molar-refractivity contribution in [2.45, 2.75) is 26.2 Å². The molecule has 0 saturated carbocycles. The Morgan fingerprint density at radius 3 is 2.50 bits per heavy atom. The molecule has 0 bridgehead atoms. The number of nitrogen functional groups attached to an aromatic ring is 1. The summed E-state index contributed by atoms with van der Waals surface area (Å²) in [4.78, 5) is 13.3. The van der Waals surface area contributed by atoms with Gasteiger partial charge in [-0.3, -0.25) is 0 Å². The van der Waals surface area contributed by atoms with E-state index in [1.807, 2.05) is 18.2 Å². The summed E-state index contributed by atoms with van der Waals surface area (Å²) in [6, 6.07) is 10.2. The highest BCUT2D eigenvalue weighted by Gasteiger charge is 2.20. The highest BCUT2D eigenvalue weighted by Crippen LogP contribution is 2.33. The molecule has 5 heteroatoms. The highest BCUT2D eigenvalue weighted by atomic mass is 15.3. The Labute approximate surface area is 131 Å². The molecular weight excluding hydrogens is 274 g/mol. The number of anilines is 4. The number of benzene rings is 1. The molecule has 0 amide bonds. The average molecular weight is 297 g/mol. The van der Waals surface area contributed by atoms with Crippen molar-refractivity contribution in [1.82, 2.24) is 9.97 Å². The fraction of sp³-hybridized carbons (Fsp3) is 0.412. The molecule has 1 aromatic carbocycles. The van der Waals surface area contributed by atoms with Crippen molar-refractivity contribution in [1.29, 1.82) is 0 Å². The summed E-state index contributed by atoms with van der Waals surface area (Å²) >= 11 is 0. The van der Waals surface area contributed by atoms with E-state index in [1.54, 1.807) is 6.33 Å². The van der Waals surface area contributed by atoms with Crippen LogP contribution in [0.1, 0.15) is 26.2 Å². The Kier molecular flexibility index (Phi) is 4.42. The van der Waals surface area contributed by atoms with Gasteiger partial charge in [0.05, 0.1) is 0 Å². The van der Waals surface area contributed by atoms with Crippen molar-refractivity contribution in [3.8, 4) is 0 Å². The third-order valence-corrected chi connectivity index (χ3v) is 4.14. The molecule has 0 atom stereocenters. The van der Waals surface area contributed by atoms with E-state index in [4.69, 9.17) is 5.73 Å². The van der Waals surface area contributed by atoms with E-state index in [1.165, 1.54) is 19.3 Å². The zero-order valence-electron chi connectivity index (χ0n) is 13.1. The molecule has 0 spiro atoms. The number of para-hydroxylation sites is 1. The van der Waals surface area contributed by atoms with Crippen molar-refractivity contribution in [2.24, 2.45) is 0 Å². The topological polar surface area (TPSA) is 58.3 Å². The summed E-state index contributed by atoms with van der Waals surface area (Å²) in [6.45, 7) is 4.97. The van der Waals surface area contributed by atoms with Crippen LogP contribution in [-0.2, 0) is 0 Å². The molecule has 2 heterocycles. The molecule has 1 aliphatic rings. The third-order valence-electron chi connectivity index (χ3n) is 4.14. The molecule has 116 valence electrons. The fourth-order valence-corrected chi connectivity index (χ4v) is 3.01.